The van der Waals surface area contributed by atoms with Crippen LogP contribution in [0.25, 0.3) is 0 Å². The molecule has 1 aliphatic rings. The minimum absolute atomic E-state index is 0.0146. The first-order valence-corrected chi connectivity index (χ1v) is 3.28. The average molecular weight is 164 g/mol. The Morgan fingerprint density at radius 3 is 2.45 bits per heavy atom. The molecule has 0 aromatic rings. The zero-order valence-electron chi connectivity index (χ0n) is 5.69. The lowest BCUT2D eigenvalue weighted by Gasteiger charge is -2.18. The highest BCUT2D eigenvalue weighted by atomic mass is 19.4. The van der Waals surface area contributed by atoms with E-state index in [0.29, 0.717) is 0 Å². The number of hydrogen-bond donors (Lipinski definition) is 0. The number of allylic oxidation sites excluding steroid dienone is 2. The van der Waals surface area contributed by atoms with E-state index in [1.807, 2.05) is 0 Å². The van der Waals surface area contributed by atoms with E-state index in [0.717, 1.165) is 12.2 Å². The summed E-state index contributed by atoms with van der Waals surface area (Å²) in [6.07, 6.45) is -2.32. The van der Waals surface area contributed by atoms with Crippen LogP contribution in [0.15, 0.2) is 12.2 Å². The maximum Gasteiger partial charge on any atom is 0.395 e. The van der Waals surface area contributed by atoms with Gasteiger partial charge in [0.25, 0.3) is 0 Å². The molecule has 0 aromatic heterocycles. The molecule has 1 atom stereocenters. The van der Waals surface area contributed by atoms with Crippen LogP contribution in [-0.2, 0) is 4.79 Å². The van der Waals surface area contributed by atoms with E-state index in [1.165, 1.54) is 0 Å². The number of ketones is 1. The highest BCUT2D eigenvalue weighted by molar-refractivity contribution is 5.90. The number of rotatable bonds is 0. The van der Waals surface area contributed by atoms with Crippen molar-refractivity contribution >= 4 is 5.78 Å². The first-order valence-electron chi connectivity index (χ1n) is 3.28. The second-order valence-electron chi connectivity index (χ2n) is 2.51. The summed E-state index contributed by atoms with van der Waals surface area (Å²) in [4.78, 5) is 10.5. The Labute approximate surface area is 61.9 Å². The molecule has 11 heavy (non-hydrogen) atoms. The van der Waals surface area contributed by atoms with Gasteiger partial charge in [-0.05, 0) is 12.5 Å². The molecular weight excluding hydrogens is 157 g/mol. The number of alkyl halides is 3. The Morgan fingerprint density at radius 1 is 1.45 bits per heavy atom. The molecule has 1 rings (SSSR count). The van der Waals surface area contributed by atoms with Crippen molar-refractivity contribution in [2.75, 3.05) is 0 Å². The molecule has 0 saturated heterocycles. The molecule has 4 heteroatoms. The van der Waals surface area contributed by atoms with E-state index in [1.54, 1.807) is 0 Å². The summed E-state index contributed by atoms with van der Waals surface area (Å²) in [5.74, 6) is -1.63. The fourth-order valence-electron chi connectivity index (χ4n) is 0.974. The van der Waals surface area contributed by atoms with Crippen LogP contribution in [0.1, 0.15) is 12.8 Å². The first-order chi connectivity index (χ1) is 5.00. The van der Waals surface area contributed by atoms with Gasteiger partial charge in [0.05, 0.1) is 5.92 Å². The summed E-state index contributed by atoms with van der Waals surface area (Å²) in [6, 6.07) is 0. The van der Waals surface area contributed by atoms with Crippen molar-refractivity contribution in [3.05, 3.63) is 12.2 Å². The zero-order chi connectivity index (χ0) is 8.48. The van der Waals surface area contributed by atoms with Crippen molar-refractivity contribution < 1.29 is 18.0 Å². The minimum atomic E-state index is -4.18. The van der Waals surface area contributed by atoms with E-state index in [-0.39, 0.29) is 18.6 Å². The largest absolute Gasteiger partial charge is 0.395 e. The lowest BCUT2D eigenvalue weighted by atomic mass is 9.95. The molecule has 0 spiro atoms. The van der Waals surface area contributed by atoms with E-state index in [2.05, 4.69) is 0 Å². The lowest BCUT2D eigenvalue weighted by molar-refractivity contribution is -0.164. The van der Waals surface area contributed by atoms with Crippen LogP contribution in [0.2, 0.25) is 0 Å². The molecular formula is C7H7F3O. The second kappa shape index (κ2) is 2.68. The van der Waals surface area contributed by atoms with Crippen LogP contribution in [-0.4, -0.2) is 12.0 Å². The minimum Gasteiger partial charge on any atom is -0.295 e. The summed E-state index contributed by atoms with van der Waals surface area (Å²) in [5, 5.41) is 0. The van der Waals surface area contributed by atoms with Crippen molar-refractivity contribution in [3.8, 4) is 0 Å². The van der Waals surface area contributed by atoms with Crippen molar-refractivity contribution in [1.82, 2.24) is 0 Å². The average Bonchev–Trinajstić information content (AvgIpc) is 1.86. The van der Waals surface area contributed by atoms with Crippen molar-refractivity contribution in [1.29, 1.82) is 0 Å². The third kappa shape index (κ3) is 2.06. The maximum absolute atomic E-state index is 11.9. The standard InChI is InChI=1S/C7H7F3O/c8-7(9,10)5-1-3-6(11)4-2-5/h1,3,5H,2,4H2/t5-/m1/s1. The van der Waals surface area contributed by atoms with Crippen molar-refractivity contribution in [2.45, 2.75) is 19.0 Å². The molecule has 0 unspecified atom stereocenters. The topological polar surface area (TPSA) is 17.1 Å². The SMILES string of the molecule is O=C1C=C[C@@H](C(F)(F)F)CC1. The smallest absolute Gasteiger partial charge is 0.295 e. The van der Waals surface area contributed by atoms with Gasteiger partial charge in [-0.15, -0.1) is 0 Å². The van der Waals surface area contributed by atoms with Crippen LogP contribution in [0.5, 0.6) is 0 Å². The van der Waals surface area contributed by atoms with Gasteiger partial charge in [-0.2, -0.15) is 13.2 Å². The molecule has 0 amide bonds. The predicted octanol–water partition coefficient (Wildman–Crippen LogP) is 2.08. The molecule has 0 heterocycles. The number of carbonyl (C=O) groups is 1. The summed E-state index contributed by atoms with van der Waals surface area (Å²) < 4.78 is 35.7. The zero-order valence-corrected chi connectivity index (χ0v) is 5.69. The van der Waals surface area contributed by atoms with Gasteiger partial charge >= 0.3 is 6.18 Å². The molecule has 0 saturated carbocycles. The van der Waals surface area contributed by atoms with Gasteiger partial charge in [-0.3, -0.25) is 4.79 Å². The van der Waals surface area contributed by atoms with Crippen molar-refractivity contribution in [3.63, 3.8) is 0 Å². The Bertz CT molecular complexity index is 192. The predicted molar refractivity (Wildman–Crippen MR) is 32.9 cm³/mol. The summed E-state index contributed by atoms with van der Waals surface area (Å²) in [6.45, 7) is 0. The molecule has 1 nitrogen and oxygen atoms in total. The Balaban J connectivity index is 2.65. The van der Waals surface area contributed by atoms with E-state index in [4.69, 9.17) is 0 Å². The monoisotopic (exact) mass is 164 g/mol. The van der Waals surface area contributed by atoms with Gasteiger partial charge in [0, 0.05) is 6.42 Å². The van der Waals surface area contributed by atoms with Crippen LogP contribution < -0.4 is 0 Å². The normalized spacial score (nSPS) is 25.7. The summed E-state index contributed by atoms with van der Waals surface area (Å²) >= 11 is 0. The lowest BCUT2D eigenvalue weighted by Crippen LogP contribution is -2.24. The quantitative estimate of drug-likeness (QED) is 0.535. The molecule has 0 aromatic carbocycles. The Morgan fingerprint density at radius 2 is 2.09 bits per heavy atom. The molecule has 0 radical (unpaired) electrons. The summed E-state index contributed by atoms with van der Waals surface area (Å²) in [5.41, 5.74) is 0. The van der Waals surface area contributed by atoms with Gasteiger partial charge < -0.3 is 0 Å². The third-order valence-electron chi connectivity index (χ3n) is 1.64. The van der Waals surface area contributed by atoms with Crippen LogP contribution in [0.3, 0.4) is 0 Å². The molecule has 1 aliphatic carbocycles. The number of halogens is 3. The van der Waals surface area contributed by atoms with Crippen LogP contribution in [0.4, 0.5) is 13.2 Å². The molecule has 0 bridgehead atoms. The molecule has 0 aliphatic heterocycles. The number of carbonyl (C=O) groups excluding carboxylic acids is 1. The molecule has 0 fully saturated rings. The second-order valence-corrected chi connectivity index (χ2v) is 2.51. The van der Waals surface area contributed by atoms with Crippen LogP contribution in [0, 0.1) is 5.92 Å². The fourth-order valence-corrected chi connectivity index (χ4v) is 0.974. The third-order valence-corrected chi connectivity index (χ3v) is 1.64. The molecule has 0 N–H and O–H groups in total. The van der Waals surface area contributed by atoms with E-state index in [9.17, 15) is 18.0 Å². The first kappa shape index (κ1) is 8.30. The van der Waals surface area contributed by atoms with Gasteiger partial charge in [-0.25, -0.2) is 0 Å². The fraction of sp³-hybridized carbons (Fsp3) is 0.571. The number of hydrogen-bond acceptors (Lipinski definition) is 1. The Kier molecular flexibility index (Phi) is 2.02. The van der Waals surface area contributed by atoms with E-state index < -0.39 is 12.1 Å². The molecule has 62 valence electrons. The van der Waals surface area contributed by atoms with E-state index >= 15 is 0 Å². The van der Waals surface area contributed by atoms with Gasteiger partial charge in [0.1, 0.15) is 0 Å². The highest BCUT2D eigenvalue weighted by Gasteiger charge is 2.38. The highest BCUT2D eigenvalue weighted by Crippen LogP contribution is 2.32. The Hall–Kier alpha value is -0.800. The van der Waals surface area contributed by atoms with Crippen LogP contribution >= 0.6 is 0 Å². The maximum atomic E-state index is 11.9. The van der Waals surface area contributed by atoms with Gasteiger partial charge in [0.15, 0.2) is 5.78 Å². The summed E-state index contributed by atoms with van der Waals surface area (Å²) in [7, 11) is 0. The van der Waals surface area contributed by atoms with Crippen molar-refractivity contribution in [2.24, 2.45) is 5.92 Å². The van der Waals surface area contributed by atoms with Gasteiger partial charge in [-0.1, -0.05) is 6.08 Å². The van der Waals surface area contributed by atoms with Gasteiger partial charge in [0.2, 0.25) is 0 Å².